The van der Waals surface area contributed by atoms with Crippen LogP contribution in [0.4, 0.5) is 11.6 Å². The van der Waals surface area contributed by atoms with E-state index in [1.807, 2.05) is 72.1 Å². The van der Waals surface area contributed by atoms with E-state index in [1.165, 1.54) is 0 Å². The first-order valence-electron chi connectivity index (χ1n) is 9.99. The number of aromatic nitrogens is 5. The summed E-state index contributed by atoms with van der Waals surface area (Å²) >= 11 is 0. The first kappa shape index (κ1) is 17.6. The van der Waals surface area contributed by atoms with Crippen molar-refractivity contribution in [1.29, 1.82) is 0 Å². The average molecular weight is 385 g/mol. The molecule has 0 unspecified atom stereocenters. The van der Waals surface area contributed by atoms with Gasteiger partial charge in [0.15, 0.2) is 11.5 Å². The molecule has 0 aliphatic carbocycles. The van der Waals surface area contributed by atoms with Crippen molar-refractivity contribution in [3.63, 3.8) is 0 Å². The number of nitrogens with one attached hydrogen (secondary N) is 1. The van der Waals surface area contributed by atoms with E-state index in [0.717, 1.165) is 60.3 Å². The average Bonchev–Trinajstić information content (AvgIpc) is 3.18. The number of nitrogens with zero attached hydrogens (tertiary/aromatic N) is 6. The molecule has 0 radical (unpaired) electrons. The van der Waals surface area contributed by atoms with Gasteiger partial charge in [-0.2, -0.15) is 4.52 Å². The Balaban J connectivity index is 1.32. The summed E-state index contributed by atoms with van der Waals surface area (Å²) in [5.41, 5.74) is 2.81. The van der Waals surface area contributed by atoms with E-state index in [2.05, 4.69) is 25.4 Å². The number of benzene rings is 1. The van der Waals surface area contributed by atoms with E-state index < -0.39 is 0 Å². The van der Waals surface area contributed by atoms with E-state index in [1.54, 1.807) is 0 Å². The van der Waals surface area contributed by atoms with Gasteiger partial charge in [0.1, 0.15) is 11.6 Å². The summed E-state index contributed by atoms with van der Waals surface area (Å²) in [6, 6.07) is 20.6. The van der Waals surface area contributed by atoms with E-state index in [9.17, 15) is 0 Å². The Bertz CT molecular complexity index is 1110. The van der Waals surface area contributed by atoms with Crippen LogP contribution in [0.15, 0.2) is 60.7 Å². The fourth-order valence-electron chi connectivity index (χ4n) is 3.80. The fourth-order valence-corrected chi connectivity index (χ4v) is 3.80. The van der Waals surface area contributed by atoms with Gasteiger partial charge in [-0.25, -0.2) is 4.98 Å². The minimum atomic E-state index is 0.430. The zero-order chi connectivity index (χ0) is 19.6. The number of aryl methyl sites for hydroxylation is 1. The maximum absolute atomic E-state index is 4.84. The van der Waals surface area contributed by atoms with Crippen LogP contribution >= 0.6 is 0 Å². The van der Waals surface area contributed by atoms with Crippen molar-refractivity contribution in [1.82, 2.24) is 24.8 Å². The normalized spacial score (nSPS) is 15.0. The van der Waals surface area contributed by atoms with Crippen molar-refractivity contribution < 1.29 is 0 Å². The number of rotatable bonds is 4. The molecule has 0 atom stereocenters. The summed E-state index contributed by atoms with van der Waals surface area (Å²) in [6.07, 6.45) is 2.09. The summed E-state index contributed by atoms with van der Waals surface area (Å²) in [5, 5.41) is 17.0. The molecule has 7 heteroatoms. The summed E-state index contributed by atoms with van der Waals surface area (Å²) in [7, 11) is 0. The van der Waals surface area contributed by atoms with Gasteiger partial charge < -0.3 is 10.2 Å². The van der Waals surface area contributed by atoms with Crippen LogP contribution in [-0.4, -0.2) is 43.9 Å². The van der Waals surface area contributed by atoms with Crippen molar-refractivity contribution in [2.45, 2.75) is 25.8 Å². The predicted octanol–water partition coefficient (Wildman–Crippen LogP) is 3.58. The van der Waals surface area contributed by atoms with Gasteiger partial charge in [0.2, 0.25) is 0 Å². The topological polar surface area (TPSA) is 71.2 Å². The second-order valence-electron chi connectivity index (χ2n) is 7.42. The lowest BCUT2D eigenvalue weighted by Crippen LogP contribution is -2.39. The largest absolute Gasteiger partial charge is 0.367 e. The molecular weight excluding hydrogens is 362 g/mol. The molecule has 7 nitrogen and oxygen atoms in total. The molecule has 1 aromatic carbocycles. The fraction of sp³-hybridized carbons (Fsp3) is 0.273. The van der Waals surface area contributed by atoms with Crippen LogP contribution in [0.5, 0.6) is 0 Å². The monoisotopic (exact) mass is 385 g/mol. The Labute approximate surface area is 169 Å². The number of hydrogen-bond donors (Lipinski definition) is 1. The predicted molar refractivity (Wildman–Crippen MR) is 114 cm³/mol. The van der Waals surface area contributed by atoms with Gasteiger partial charge in [0, 0.05) is 30.4 Å². The van der Waals surface area contributed by atoms with Gasteiger partial charge in [0.05, 0.1) is 0 Å². The maximum Gasteiger partial charge on any atom is 0.185 e. The number of fused-ring (bicyclic) bond motifs is 1. The van der Waals surface area contributed by atoms with Gasteiger partial charge in [-0.3, -0.25) is 0 Å². The molecule has 4 aromatic rings. The molecule has 4 heterocycles. The van der Waals surface area contributed by atoms with Crippen molar-refractivity contribution in [3.05, 3.63) is 66.4 Å². The van der Waals surface area contributed by atoms with Crippen molar-refractivity contribution in [3.8, 4) is 11.4 Å². The smallest absolute Gasteiger partial charge is 0.185 e. The SMILES string of the molecule is Cc1cccc(NC2CCN(c3ccc4nnc(-c5ccccc5)n4n3)CC2)n1. The van der Waals surface area contributed by atoms with Gasteiger partial charge in [0.25, 0.3) is 0 Å². The third-order valence-corrected chi connectivity index (χ3v) is 5.34. The zero-order valence-electron chi connectivity index (χ0n) is 16.4. The van der Waals surface area contributed by atoms with Crippen molar-refractivity contribution in [2.75, 3.05) is 23.3 Å². The number of piperidine rings is 1. The highest BCUT2D eigenvalue weighted by Crippen LogP contribution is 2.22. The number of pyridine rings is 1. The molecule has 146 valence electrons. The lowest BCUT2D eigenvalue weighted by atomic mass is 10.1. The van der Waals surface area contributed by atoms with Crippen molar-refractivity contribution >= 4 is 17.3 Å². The Kier molecular flexibility index (Phi) is 4.56. The minimum absolute atomic E-state index is 0.430. The van der Waals surface area contributed by atoms with Crippen LogP contribution in [0, 0.1) is 6.92 Å². The molecular formula is C22H23N7. The highest BCUT2D eigenvalue weighted by Gasteiger charge is 2.21. The van der Waals surface area contributed by atoms with Crippen LogP contribution in [-0.2, 0) is 0 Å². The lowest BCUT2D eigenvalue weighted by molar-refractivity contribution is 0.520. The van der Waals surface area contributed by atoms with Gasteiger partial charge in [-0.15, -0.1) is 15.3 Å². The molecule has 1 aliphatic rings. The summed E-state index contributed by atoms with van der Waals surface area (Å²) < 4.78 is 1.84. The Morgan fingerprint density at radius 2 is 1.72 bits per heavy atom. The standard InChI is InChI=1S/C22H23N7/c1-16-6-5-9-19(23-16)24-18-12-14-28(15-13-18)21-11-10-20-25-26-22(29(20)27-21)17-7-3-2-4-8-17/h2-11,18H,12-15H2,1H3,(H,23,24). The summed E-state index contributed by atoms with van der Waals surface area (Å²) in [5.74, 6) is 2.69. The molecule has 0 spiro atoms. The van der Waals surface area contributed by atoms with Crippen LogP contribution in [0.3, 0.4) is 0 Å². The molecule has 29 heavy (non-hydrogen) atoms. The van der Waals surface area contributed by atoms with E-state index in [4.69, 9.17) is 5.10 Å². The Morgan fingerprint density at radius 1 is 0.897 bits per heavy atom. The maximum atomic E-state index is 4.84. The Hall–Kier alpha value is -3.48. The lowest BCUT2D eigenvalue weighted by Gasteiger charge is -2.33. The van der Waals surface area contributed by atoms with Gasteiger partial charge in [-0.05, 0) is 44.0 Å². The van der Waals surface area contributed by atoms with Crippen LogP contribution in [0.2, 0.25) is 0 Å². The molecule has 1 saturated heterocycles. The van der Waals surface area contributed by atoms with E-state index >= 15 is 0 Å². The number of anilines is 2. The summed E-state index contributed by atoms with van der Waals surface area (Å²) in [4.78, 5) is 6.89. The summed E-state index contributed by atoms with van der Waals surface area (Å²) in [6.45, 7) is 3.92. The third-order valence-electron chi connectivity index (χ3n) is 5.34. The zero-order valence-corrected chi connectivity index (χ0v) is 16.4. The minimum Gasteiger partial charge on any atom is -0.367 e. The van der Waals surface area contributed by atoms with E-state index in [-0.39, 0.29) is 0 Å². The van der Waals surface area contributed by atoms with Crippen LogP contribution in [0.25, 0.3) is 17.0 Å². The Morgan fingerprint density at radius 3 is 2.52 bits per heavy atom. The molecule has 0 saturated carbocycles. The van der Waals surface area contributed by atoms with Gasteiger partial charge >= 0.3 is 0 Å². The second-order valence-corrected chi connectivity index (χ2v) is 7.42. The van der Waals surface area contributed by atoms with Crippen LogP contribution in [0.1, 0.15) is 18.5 Å². The second kappa shape index (κ2) is 7.50. The molecule has 0 bridgehead atoms. The highest BCUT2D eigenvalue weighted by atomic mass is 15.4. The van der Waals surface area contributed by atoms with Crippen molar-refractivity contribution in [2.24, 2.45) is 0 Å². The molecule has 3 aromatic heterocycles. The molecule has 1 N–H and O–H groups in total. The molecule has 0 amide bonds. The quantitative estimate of drug-likeness (QED) is 0.579. The highest BCUT2D eigenvalue weighted by molar-refractivity contribution is 5.59. The van der Waals surface area contributed by atoms with Crippen LogP contribution < -0.4 is 10.2 Å². The molecule has 1 fully saturated rings. The first-order chi connectivity index (χ1) is 14.3. The van der Waals surface area contributed by atoms with Gasteiger partial charge in [-0.1, -0.05) is 36.4 Å². The molecule has 5 rings (SSSR count). The third kappa shape index (κ3) is 3.63. The van der Waals surface area contributed by atoms with E-state index in [0.29, 0.717) is 6.04 Å². The number of hydrogen-bond acceptors (Lipinski definition) is 6. The molecule has 1 aliphatic heterocycles. The first-order valence-corrected chi connectivity index (χ1v) is 9.99.